The molecular formula is C24H22O3. The average molecular weight is 358 g/mol. The van der Waals surface area contributed by atoms with E-state index in [1.54, 1.807) is 0 Å². The van der Waals surface area contributed by atoms with Gasteiger partial charge in [-0.15, -0.1) is 0 Å². The molecule has 1 aliphatic rings. The number of benzene rings is 3. The third-order valence-electron chi connectivity index (χ3n) is 4.79. The van der Waals surface area contributed by atoms with Crippen molar-refractivity contribution in [2.45, 2.75) is 32.5 Å². The summed E-state index contributed by atoms with van der Waals surface area (Å²) in [6.07, 6.45) is 2.41. The molecule has 0 aliphatic heterocycles. The lowest BCUT2D eigenvalue weighted by atomic mass is 9.90. The molecule has 3 heteroatoms. The minimum absolute atomic E-state index is 0.190. The topological polar surface area (TPSA) is 35.5 Å². The van der Waals surface area contributed by atoms with E-state index in [4.69, 9.17) is 9.47 Å². The van der Waals surface area contributed by atoms with E-state index in [9.17, 15) is 4.79 Å². The van der Waals surface area contributed by atoms with Crippen LogP contribution in [0.25, 0.3) is 0 Å². The lowest BCUT2D eigenvalue weighted by Crippen LogP contribution is -2.12. The van der Waals surface area contributed by atoms with Gasteiger partial charge in [-0.1, -0.05) is 60.7 Å². The zero-order valence-electron chi connectivity index (χ0n) is 15.2. The van der Waals surface area contributed by atoms with Crippen LogP contribution in [0.3, 0.4) is 0 Å². The molecule has 27 heavy (non-hydrogen) atoms. The fourth-order valence-electron chi connectivity index (χ4n) is 3.34. The first-order chi connectivity index (χ1) is 13.3. The van der Waals surface area contributed by atoms with Gasteiger partial charge in [-0.3, -0.25) is 4.79 Å². The molecular weight excluding hydrogens is 336 g/mol. The summed E-state index contributed by atoms with van der Waals surface area (Å²) in [5, 5.41) is 0. The highest BCUT2D eigenvalue weighted by Crippen LogP contribution is 2.35. The molecule has 3 nitrogen and oxygen atoms in total. The molecule has 0 radical (unpaired) electrons. The fraction of sp³-hybridized carbons (Fsp3) is 0.208. The number of carbonyl (C=O) groups excluding carboxylic acids is 1. The smallest absolute Gasteiger partial charge is 0.163 e. The highest BCUT2D eigenvalue weighted by molar-refractivity contribution is 5.99. The quantitative estimate of drug-likeness (QED) is 0.595. The molecule has 0 saturated carbocycles. The second-order valence-corrected chi connectivity index (χ2v) is 6.78. The molecule has 0 spiro atoms. The summed E-state index contributed by atoms with van der Waals surface area (Å²) >= 11 is 0. The largest absolute Gasteiger partial charge is 0.485 e. The van der Waals surface area contributed by atoms with Crippen LogP contribution in [-0.4, -0.2) is 5.78 Å². The summed E-state index contributed by atoms with van der Waals surface area (Å²) in [6.45, 7) is 0.908. The maximum absolute atomic E-state index is 12.3. The van der Waals surface area contributed by atoms with Crippen LogP contribution in [-0.2, 0) is 19.6 Å². The first kappa shape index (κ1) is 17.3. The van der Waals surface area contributed by atoms with Gasteiger partial charge in [0, 0.05) is 12.0 Å². The predicted molar refractivity (Wildman–Crippen MR) is 105 cm³/mol. The molecule has 0 amide bonds. The Morgan fingerprint density at radius 1 is 0.704 bits per heavy atom. The zero-order valence-corrected chi connectivity index (χ0v) is 15.2. The molecule has 4 rings (SSSR count). The van der Waals surface area contributed by atoms with Gasteiger partial charge in [0.05, 0.1) is 0 Å². The van der Waals surface area contributed by atoms with E-state index in [1.165, 1.54) is 0 Å². The molecule has 0 aromatic heterocycles. The summed E-state index contributed by atoms with van der Waals surface area (Å²) in [4.78, 5) is 12.3. The molecule has 136 valence electrons. The van der Waals surface area contributed by atoms with Crippen LogP contribution >= 0.6 is 0 Å². The van der Waals surface area contributed by atoms with Crippen LogP contribution in [0.5, 0.6) is 11.5 Å². The molecule has 0 unspecified atom stereocenters. The van der Waals surface area contributed by atoms with Gasteiger partial charge in [0.15, 0.2) is 17.3 Å². The SMILES string of the molecule is O=C1CCCc2cc(OCc3ccccc3)c(OCc3ccccc3)cc21. The Labute approximate surface area is 159 Å². The second kappa shape index (κ2) is 8.09. The van der Waals surface area contributed by atoms with Crippen LogP contribution in [0.2, 0.25) is 0 Å². The van der Waals surface area contributed by atoms with E-state index in [0.29, 0.717) is 31.1 Å². The second-order valence-electron chi connectivity index (χ2n) is 6.78. The van der Waals surface area contributed by atoms with Crippen LogP contribution in [0.15, 0.2) is 72.8 Å². The normalized spacial score (nSPS) is 13.1. The molecule has 3 aromatic carbocycles. The zero-order chi connectivity index (χ0) is 18.5. The monoisotopic (exact) mass is 358 g/mol. The third kappa shape index (κ3) is 4.20. The third-order valence-corrected chi connectivity index (χ3v) is 4.79. The van der Waals surface area contributed by atoms with Gasteiger partial charge in [0.25, 0.3) is 0 Å². The standard InChI is InChI=1S/C24H22O3/c25-22-13-7-12-20-14-23(26-16-18-8-3-1-4-9-18)24(15-21(20)22)27-17-19-10-5-2-6-11-19/h1-6,8-11,14-15H,7,12-13,16-17H2. The minimum atomic E-state index is 0.190. The van der Waals surface area contributed by atoms with Gasteiger partial charge in [-0.2, -0.15) is 0 Å². The van der Waals surface area contributed by atoms with E-state index in [2.05, 4.69) is 0 Å². The first-order valence-corrected chi connectivity index (χ1v) is 9.33. The Balaban J connectivity index is 1.59. The molecule has 0 heterocycles. The molecule has 0 N–H and O–H groups in total. The predicted octanol–water partition coefficient (Wildman–Crippen LogP) is 5.36. The van der Waals surface area contributed by atoms with Crippen molar-refractivity contribution in [1.82, 2.24) is 0 Å². The van der Waals surface area contributed by atoms with Gasteiger partial charge in [0.2, 0.25) is 0 Å². The molecule has 0 saturated heterocycles. The molecule has 3 aromatic rings. The maximum atomic E-state index is 12.3. The van der Waals surface area contributed by atoms with Crippen LogP contribution in [0, 0.1) is 0 Å². The Morgan fingerprint density at radius 2 is 1.26 bits per heavy atom. The van der Waals surface area contributed by atoms with Crippen molar-refractivity contribution in [2.75, 3.05) is 0 Å². The van der Waals surface area contributed by atoms with Crippen molar-refractivity contribution in [3.05, 3.63) is 95.1 Å². The summed E-state index contributed by atoms with van der Waals surface area (Å²) in [6, 6.07) is 23.9. The number of hydrogen-bond acceptors (Lipinski definition) is 3. The molecule has 0 atom stereocenters. The van der Waals surface area contributed by atoms with E-state index in [-0.39, 0.29) is 5.78 Å². The highest BCUT2D eigenvalue weighted by atomic mass is 16.5. The number of hydrogen-bond donors (Lipinski definition) is 0. The van der Waals surface area contributed by atoms with E-state index < -0.39 is 0 Å². The molecule has 1 aliphatic carbocycles. The van der Waals surface area contributed by atoms with Gasteiger partial charge < -0.3 is 9.47 Å². The average Bonchev–Trinajstić information content (AvgIpc) is 2.72. The number of rotatable bonds is 6. The van der Waals surface area contributed by atoms with Crippen molar-refractivity contribution in [2.24, 2.45) is 0 Å². The summed E-state index contributed by atoms with van der Waals surface area (Å²) < 4.78 is 12.1. The van der Waals surface area contributed by atoms with Crippen LogP contribution < -0.4 is 9.47 Å². The Kier molecular flexibility index (Phi) is 5.20. The lowest BCUT2D eigenvalue weighted by Gasteiger charge is -2.20. The van der Waals surface area contributed by atoms with Crippen LogP contribution in [0.4, 0.5) is 0 Å². The number of aryl methyl sites for hydroxylation is 1. The Bertz CT molecular complexity index is 917. The maximum Gasteiger partial charge on any atom is 0.163 e. The summed E-state index contributed by atoms with van der Waals surface area (Å²) in [5.74, 6) is 1.52. The van der Waals surface area contributed by atoms with Gasteiger partial charge in [-0.25, -0.2) is 0 Å². The van der Waals surface area contributed by atoms with E-state index >= 15 is 0 Å². The number of Topliss-reactive ketones (excluding diaryl/α,β-unsaturated/α-hetero) is 1. The molecule has 0 bridgehead atoms. The number of carbonyl (C=O) groups is 1. The van der Waals surface area contributed by atoms with Crippen molar-refractivity contribution in [1.29, 1.82) is 0 Å². The lowest BCUT2D eigenvalue weighted by molar-refractivity contribution is 0.0971. The number of fused-ring (bicyclic) bond motifs is 1. The molecule has 0 fully saturated rings. The van der Waals surface area contributed by atoms with Crippen molar-refractivity contribution in [3.8, 4) is 11.5 Å². The van der Waals surface area contributed by atoms with Gasteiger partial charge in [0.1, 0.15) is 13.2 Å². The highest BCUT2D eigenvalue weighted by Gasteiger charge is 2.21. The Morgan fingerprint density at radius 3 is 1.85 bits per heavy atom. The Hall–Kier alpha value is -3.07. The van der Waals surface area contributed by atoms with E-state index in [1.807, 2.05) is 72.8 Å². The minimum Gasteiger partial charge on any atom is -0.485 e. The first-order valence-electron chi connectivity index (χ1n) is 9.33. The van der Waals surface area contributed by atoms with Crippen LogP contribution in [0.1, 0.15) is 39.9 Å². The summed E-state index contributed by atoms with van der Waals surface area (Å²) in [5.41, 5.74) is 4.01. The summed E-state index contributed by atoms with van der Waals surface area (Å²) in [7, 11) is 0. The van der Waals surface area contributed by atoms with Gasteiger partial charge >= 0.3 is 0 Å². The van der Waals surface area contributed by atoms with Crippen molar-refractivity contribution < 1.29 is 14.3 Å². The fourth-order valence-corrected chi connectivity index (χ4v) is 3.34. The number of ketones is 1. The van der Waals surface area contributed by atoms with Crippen molar-refractivity contribution in [3.63, 3.8) is 0 Å². The van der Waals surface area contributed by atoms with E-state index in [0.717, 1.165) is 35.1 Å². The van der Waals surface area contributed by atoms with Crippen molar-refractivity contribution >= 4 is 5.78 Å². The van der Waals surface area contributed by atoms with Gasteiger partial charge in [-0.05, 0) is 41.7 Å². The number of ether oxygens (including phenoxy) is 2.